The summed E-state index contributed by atoms with van der Waals surface area (Å²) in [6, 6.07) is 0. The van der Waals surface area contributed by atoms with Crippen molar-refractivity contribution in [2.75, 3.05) is 13.1 Å². The topological polar surface area (TPSA) is 90.0 Å². The predicted molar refractivity (Wildman–Crippen MR) is 82.7 cm³/mol. The molecule has 0 aromatic carbocycles. The molecule has 1 aliphatic rings. The van der Waals surface area contributed by atoms with Gasteiger partial charge in [-0.1, -0.05) is 0 Å². The van der Waals surface area contributed by atoms with Crippen molar-refractivity contribution in [1.29, 1.82) is 0 Å². The number of carbonyl (C=O) groups excluding carboxylic acids is 1. The zero-order valence-corrected chi connectivity index (χ0v) is 12.8. The van der Waals surface area contributed by atoms with E-state index in [1.165, 1.54) is 9.44 Å². The quantitative estimate of drug-likeness (QED) is 0.852. The first-order valence-corrected chi connectivity index (χ1v) is 7.92. The lowest BCUT2D eigenvalue weighted by Gasteiger charge is -2.10. The van der Waals surface area contributed by atoms with Crippen molar-refractivity contribution in [3.63, 3.8) is 0 Å². The molecule has 6 nitrogen and oxygen atoms in total. The molecule has 0 saturated carbocycles. The number of aromatic nitrogens is 2. The molecular weight excluding hydrogens is 288 g/mol. The summed E-state index contributed by atoms with van der Waals surface area (Å²) in [6.07, 6.45) is 3.07. The third kappa shape index (κ3) is 2.47. The van der Waals surface area contributed by atoms with E-state index >= 15 is 0 Å². The number of aryl methyl sites for hydroxylation is 3. The molecule has 0 spiro atoms. The Labute approximate surface area is 126 Å². The third-order valence-electron chi connectivity index (χ3n) is 3.78. The first kappa shape index (κ1) is 14.2. The van der Waals surface area contributed by atoms with E-state index in [9.17, 15) is 9.59 Å². The van der Waals surface area contributed by atoms with Crippen LogP contribution in [-0.4, -0.2) is 28.5 Å². The highest BCUT2D eigenvalue weighted by molar-refractivity contribution is 7.18. The van der Waals surface area contributed by atoms with Gasteiger partial charge in [0.2, 0.25) is 5.91 Å². The number of rotatable bonds is 4. The monoisotopic (exact) mass is 306 g/mol. The van der Waals surface area contributed by atoms with Crippen LogP contribution in [0.1, 0.15) is 22.7 Å². The smallest absolute Gasteiger partial charge is 0.263 e. The molecule has 0 aliphatic heterocycles. The number of nitrogens with two attached hydrogens (primary N) is 1. The average molecular weight is 306 g/mol. The Morgan fingerprint density at radius 2 is 2.29 bits per heavy atom. The number of fused-ring (bicyclic) bond motifs is 3. The summed E-state index contributed by atoms with van der Waals surface area (Å²) in [4.78, 5) is 31.1. The summed E-state index contributed by atoms with van der Waals surface area (Å²) >= 11 is 1.61. The van der Waals surface area contributed by atoms with Crippen LogP contribution in [0.4, 0.5) is 0 Å². The van der Waals surface area contributed by atoms with Gasteiger partial charge >= 0.3 is 0 Å². The van der Waals surface area contributed by atoms with Crippen molar-refractivity contribution in [2.45, 2.75) is 32.7 Å². The molecule has 2 aromatic rings. The number of hydrogen-bond donors (Lipinski definition) is 2. The van der Waals surface area contributed by atoms with Crippen LogP contribution in [0.5, 0.6) is 0 Å². The van der Waals surface area contributed by atoms with Crippen LogP contribution in [-0.2, 0) is 24.2 Å². The van der Waals surface area contributed by atoms with Crippen molar-refractivity contribution >= 4 is 27.5 Å². The minimum atomic E-state index is -0.210. The van der Waals surface area contributed by atoms with E-state index in [0.717, 1.165) is 29.7 Å². The van der Waals surface area contributed by atoms with Crippen LogP contribution in [0.2, 0.25) is 0 Å². The molecule has 2 heterocycles. The van der Waals surface area contributed by atoms with Crippen LogP contribution >= 0.6 is 11.3 Å². The van der Waals surface area contributed by atoms with E-state index in [-0.39, 0.29) is 18.0 Å². The molecule has 0 bridgehead atoms. The third-order valence-corrected chi connectivity index (χ3v) is 4.97. The number of hydrogen-bond acceptors (Lipinski definition) is 5. The molecule has 1 amide bonds. The molecule has 1 aliphatic carbocycles. The number of nitrogens with zero attached hydrogens (tertiary/aromatic N) is 2. The van der Waals surface area contributed by atoms with E-state index < -0.39 is 0 Å². The summed E-state index contributed by atoms with van der Waals surface area (Å²) in [7, 11) is 0. The Hall–Kier alpha value is -1.73. The van der Waals surface area contributed by atoms with Gasteiger partial charge in [0, 0.05) is 18.0 Å². The largest absolute Gasteiger partial charge is 0.353 e. The van der Waals surface area contributed by atoms with Crippen LogP contribution in [0.3, 0.4) is 0 Å². The fraction of sp³-hybridized carbons (Fsp3) is 0.500. The van der Waals surface area contributed by atoms with Crippen molar-refractivity contribution in [3.8, 4) is 0 Å². The molecule has 112 valence electrons. The van der Waals surface area contributed by atoms with Gasteiger partial charge in [-0.15, -0.1) is 11.3 Å². The second-order valence-electron chi connectivity index (χ2n) is 5.23. The summed E-state index contributed by atoms with van der Waals surface area (Å²) in [6.45, 7) is 2.56. The SMILES string of the molecule is Cc1nc2sc3c(c2c(=O)n1CC(=O)NCCN)CCC3. The van der Waals surface area contributed by atoms with E-state index in [1.54, 1.807) is 18.3 Å². The Bertz CT molecular complexity index is 762. The lowest BCUT2D eigenvalue weighted by molar-refractivity contribution is -0.121. The lowest BCUT2D eigenvalue weighted by Crippen LogP contribution is -2.36. The number of amides is 1. The minimum Gasteiger partial charge on any atom is -0.353 e. The maximum absolute atomic E-state index is 12.7. The molecule has 7 heteroatoms. The molecule has 21 heavy (non-hydrogen) atoms. The van der Waals surface area contributed by atoms with E-state index in [4.69, 9.17) is 5.73 Å². The maximum atomic E-state index is 12.7. The van der Waals surface area contributed by atoms with Crippen LogP contribution in [0.15, 0.2) is 4.79 Å². The maximum Gasteiger partial charge on any atom is 0.263 e. The van der Waals surface area contributed by atoms with Gasteiger partial charge in [-0.25, -0.2) is 4.98 Å². The van der Waals surface area contributed by atoms with Crippen LogP contribution in [0.25, 0.3) is 10.2 Å². The molecule has 0 saturated heterocycles. The standard InChI is InChI=1S/C14H18N4O2S/c1-8-17-13-12(9-3-2-4-10(9)21-13)14(20)18(8)7-11(19)16-6-5-15/h2-7,15H2,1H3,(H,16,19). The fourth-order valence-electron chi connectivity index (χ4n) is 2.78. The molecule has 0 unspecified atom stereocenters. The van der Waals surface area contributed by atoms with Gasteiger partial charge < -0.3 is 11.1 Å². The highest BCUT2D eigenvalue weighted by Crippen LogP contribution is 2.34. The van der Waals surface area contributed by atoms with Gasteiger partial charge in [0.15, 0.2) is 0 Å². The number of thiophene rings is 1. The van der Waals surface area contributed by atoms with Crippen LogP contribution in [0, 0.1) is 6.92 Å². The van der Waals surface area contributed by atoms with Gasteiger partial charge in [-0.05, 0) is 31.7 Å². The highest BCUT2D eigenvalue weighted by atomic mass is 32.1. The Balaban J connectivity index is 2.03. The zero-order chi connectivity index (χ0) is 15.0. The van der Waals surface area contributed by atoms with Gasteiger partial charge in [0.1, 0.15) is 17.2 Å². The normalized spacial score (nSPS) is 13.6. The predicted octanol–water partition coefficient (Wildman–Crippen LogP) is 0.330. The lowest BCUT2D eigenvalue weighted by atomic mass is 10.2. The highest BCUT2D eigenvalue weighted by Gasteiger charge is 2.22. The number of nitrogens with one attached hydrogen (secondary N) is 1. The fourth-order valence-corrected chi connectivity index (χ4v) is 4.07. The first-order valence-electron chi connectivity index (χ1n) is 7.10. The molecule has 3 rings (SSSR count). The van der Waals surface area contributed by atoms with Gasteiger partial charge in [-0.2, -0.15) is 0 Å². The van der Waals surface area contributed by atoms with Crippen molar-refractivity contribution in [3.05, 3.63) is 26.6 Å². The van der Waals surface area contributed by atoms with Gasteiger partial charge in [0.05, 0.1) is 5.39 Å². The van der Waals surface area contributed by atoms with E-state index in [2.05, 4.69) is 10.3 Å². The Kier molecular flexibility index (Phi) is 3.77. The van der Waals surface area contributed by atoms with E-state index in [0.29, 0.717) is 24.3 Å². The van der Waals surface area contributed by atoms with Gasteiger partial charge in [0.25, 0.3) is 5.56 Å². The second-order valence-corrected chi connectivity index (χ2v) is 6.31. The molecule has 0 fully saturated rings. The first-order chi connectivity index (χ1) is 10.1. The molecule has 0 radical (unpaired) electrons. The van der Waals surface area contributed by atoms with Crippen LogP contribution < -0.4 is 16.6 Å². The molecule has 3 N–H and O–H groups in total. The van der Waals surface area contributed by atoms with Gasteiger partial charge in [-0.3, -0.25) is 14.2 Å². The van der Waals surface area contributed by atoms with Crippen molar-refractivity contribution in [1.82, 2.24) is 14.9 Å². The minimum absolute atomic E-state index is 0.00176. The Morgan fingerprint density at radius 3 is 3.05 bits per heavy atom. The average Bonchev–Trinajstić information content (AvgIpc) is 3.01. The molecule has 0 atom stereocenters. The Morgan fingerprint density at radius 1 is 1.48 bits per heavy atom. The summed E-state index contributed by atoms with van der Waals surface area (Å²) < 4.78 is 1.46. The summed E-state index contributed by atoms with van der Waals surface area (Å²) in [5, 5.41) is 3.39. The zero-order valence-electron chi connectivity index (χ0n) is 11.9. The summed E-state index contributed by atoms with van der Waals surface area (Å²) in [5.74, 6) is 0.369. The molecule has 2 aromatic heterocycles. The molecular formula is C14H18N4O2S. The van der Waals surface area contributed by atoms with E-state index in [1.807, 2.05) is 0 Å². The van der Waals surface area contributed by atoms with Crippen molar-refractivity contribution < 1.29 is 4.79 Å². The second kappa shape index (κ2) is 5.57. The summed E-state index contributed by atoms with van der Waals surface area (Å²) in [5.41, 5.74) is 6.40. The van der Waals surface area contributed by atoms with Crippen molar-refractivity contribution in [2.24, 2.45) is 5.73 Å². The number of carbonyl (C=O) groups is 1.